The Bertz CT molecular complexity index is 1540. The van der Waals surface area contributed by atoms with Crippen molar-refractivity contribution in [1.82, 2.24) is 0 Å². The highest BCUT2D eigenvalue weighted by Crippen LogP contribution is 2.33. The fourth-order valence-corrected chi connectivity index (χ4v) is 3.88. The predicted molar refractivity (Wildman–Crippen MR) is 124 cm³/mol. The van der Waals surface area contributed by atoms with Crippen molar-refractivity contribution in [2.45, 2.75) is 20.3 Å². The molecule has 0 fully saturated rings. The van der Waals surface area contributed by atoms with E-state index in [2.05, 4.69) is 5.32 Å². The largest absolute Gasteiger partial charge is 0.464 e. The van der Waals surface area contributed by atoms with Crippen molar-refractivity contribution < 1.29 is 22.8 Å². The lowest BCUT2D eigenvalue weighted by molar-refractivity contribution is -0.115. The molecule has 0 atom stereocenters. The second-order valence-electron chi connectivity index (χ2n) is 8.08. The predicted octanol–water partition coefficient (Wildman–Crippen LogP) is 6.35. The molecular formula is C27H20FNO4. The second-order valence-corrected chi connectivity index (χ2v) is 8.08. The topological polar surface area (TPSA) is 72.5 Å². The zero-order valence-corrected chi connectivity index (χ0v) is 18.1. The van der Waals surface area contributed by atoms with Crippen LogP contribution in [0.15, 0.2) is 75.8 Å². The Morgan fingerprint density at radius 1 is 0.939 bits per heavy atom. The van der Waals surface area contributed by atoms with Crippen molar-refractivity contribution in [1.29, 1.82) is 0 Å². The summed E-state index contributed by atoms with van der Waals surface area (Å²) in [5, 5.41) is 4.30. The molecule has 3 aromatic carbocycles. The van der Waals surface area contributed by atoms with Crippen molar-refractivity contribution in [3.05, 3.63) is 101 Å². The molecule has 5 aromatic rings. The molecule has 1 N–H and O–H groups in total. The minimum Gasteiger partial charge on any atom is -0.464 e. The number of nitrogens with one attached hydrogen (secondary N) is 1. The lowest BCUT2D eigenvalue weighted by Gasteiger charge is -2.07. The molecule has 0 bridgehead atoms. The fraction of sp³-hybridized carbons (Fsp3) is 0.111. The molecule has 0 aliphatic rings. The average Bonchev–Trinajstić information content (AvgIpc) is 3.36. The summed E-state index contributed by atoms with van der Waals surface area (Å²) in [6, 6.07) is 17.1. The summed E-state index contributed by atoms with van der Waals surface area (Å²) >= 11 is 0. The molecule has 6 heteroatoms. The highest BCUT2D eigenvalue weighted by Gasteiger charge is 2.24. The van der Waals surface area contributed by atoms with Crippen LogP contribution in [-0.4, -0.2) is 11.7 Å². The second kappa shape index (κ2) is 8.06. The van der Waals surface area contributed by atoms with Gasteiger partial charge in [-0.2, -0.15) is 0 Å². The highest BCUT2D eigenvalue weighted by atomic mass is 19.1. The third-order valence-corrected chi connectivity index (χ3v) is 5.66. The van der Waals surface area contributed by atoms with Gasteiger partial charge in [0, 0.05) is 21.9 Å². The molecule has 2 aromatic heterocycles. The highest BCUT2D eigenvalue weighted by molar-refractivity contribution is 6.17. The molecule has 0 saturated carbocycles. The molecule has 164 valence electrons. The molecule has 0 spiro atoms. The Kier molecular flexibility index (Phi) is 5.05. The number of para-hydroxylation sites is 1. The van der Waals surface area contributed by atoms with Crippen LogP contribution in [0.5, 0.6) is 0 Å². The Morgan fingerprint density at radius 3 is 2.58 bits per heavy atom. The van der Waals surface area contributed by atoms with Crippen LogP contribution in [0.3, 0.4) is 0 Å². The van der Waals surface area contributed by atoms with Gasteiger partial charge in [-0.15, -0.1) is 0 Å². The van der Waals surface area contributed by atoms with Crippen molar-refractivity contribution in [3.8, 4) is 0 Å². The third-order valence-electron chi connectivity index (χ3n) is 5.66. The molecule has 1 amide bonds. The Hall–Kier alpha value is -4.19. The summed E-state index contributed by atoms with van der Waals surface area (Å²) in [7, 11) is 0. The smallest absolute Gasteiger partial charge is 0.230 e. The Balaban J connectivity index is 1.50. The first-order chi connectivity index (χ1) is 15.9. The monoisotopic (exact) mass is 441 g/mol. The van der Waals surface area contributed by atoms with Crippen molar-refractivity contribution in [2.24, 2.45) is 0 Å². The van der Waals surface area contributed by atoms with E-state index in [0.29, 0.717) is 22.1 Å². The first-order valence-electron chi connectivity index (χ1n) is 10.5. The maximum absolute atomic E-state index is 14.1. The van der Waals surface area contributed by atoms with E-state index in [1.165, 1.54) is 12.1 Å². The maximum atomic E-state index is 14.1. The fourth-order valence-electron chi connectivity index (χ4n) is 3.88. The van der Waals surface area contributed by atoms with E-state index in [0.717, 1.165) is 16.5 Å². The number of carbonyl (C=O) groups excluding carboxylic acids is 2. The van der Waals surface area contributed by atoms with Gasteiger partial charge < -0.3 is 14.2 Å². The average molecular weight is 441 g/mol. The number of fused-ring (bicyclic) bond motifs is 2. The number of furan rings is 2. The van der Waals surface area contributed by atoms with E-state index < -0.39 is 11.6 Å². The Labute approximate surface area is 188 Å². The first-order valence-corrected chi connectivity index (χ1v) is 10.5. The maximum Gasteiger partial charge on any atom is 0.230 e. The van der Waals surface area contributed by atoms with Gasteiger partial charge in [-0.3, -0.25) is 9.59 Å². The SMILES string of the molecule is Cc1ccc2occ(CC(=O)Nc3c(C(=O)c4ccc(C)c(F)c4)oc4ccccc34)c2c1. The van der Waals surface area contributed by atoms with Gasteiger partial charge in [0.15, 0.2) is 5.76 Å². The van der Waals surface area contributed by atoms with Gasteiger partial charge in [-0.05, 0) is 49.7 Å². The van der Waals surface area contributed by atoms with E-state index in [1.807, 2.05) is 25.1 Å². The number of benzene rings is 3. The van der Waals surface area contributed by atoms with Crippen LogP contribution >= 0.6 is 0 Å². The minimum atomic E-state index is -0.509. The summed E-state index contributed by atoms with van der Waals surface area (Å²) in [6.07, 6.45) is 1.63. The van der Waals surface area contributed by atoms with Gasteiger partial charge in [0.25, 0.3) is 0 Å². The van der Waals surface area contributed by atoms with Gasteiger partial charge >= 0.3 is 0 Å². The van der Waals surface area contributed by atoms with Gasteiger partial charge in [-0.25, -0.2) is 4.39 Å². The number of hydrogen-bond donors (Lipinski definition) is 1. The number of amides is 1. The number of halogens is 1. The number of aryl methyl sites for hydroxylation is 2. The molecular weight excluding hydrogens is 421 g/mol. The molecule has 0 aliphatic carbocycles. The normalized spacial score (nSPS) is 11.2. The van der Waals surface area contributed by atoms with Crippen LogP contribution in [0.1, 0.15) is 32.8 Å². The zero-order valence-electron chi connectivity index (χ0n) is 18.1. The lowest BCUT2D eigenvalue weighted by atomic mass is 10.0. The molecule has 0 unspecified atom stereocenters. The molecule has 0 aliphatic heterocycles. The Morgan fingerprint density at radius 2 is 1.76 bits per heavy atom. The molecule has 2 heterocycles. The van der Waals surface area contributed by atoms with E-state index in [4.69, 9.17) is 8.83 Å². The summed E-state index contributed by atoms with van der Waals surface area (Å²) in [6.45, 7) is 3.59. The number of ketones is 1. The molecule has 33 heavy (non-hydrogen) atoms. The molecule has 0 saturated heterocycles. The summed E-state index contributed by atoms with van der Waals surface area (Å²) < 4.78 is 25.4. The van der Waals surface area contributed by atoms with Crippen LogP contribution < -0.4 is 5.32 Å². The quantitative estimate of drug-likeness (QED) is 0.323. The van der Waals surface area contributed by atoms with Crippen LogP contribution in [0.4, 0.5) is 10.1 Å². The number of rotatable bonds is 5. The lowest BCUT2D eigenvalue weighted by Crippen LogP contribution is -2.16. The van der Waals surface area contributed by atoms with Crippen molar-refractivity contribution >= 4 is 39.3 Å². The van der Waals surface area contributed by atoms with Crippen LogP contribution in [0.25, 0.3) is 21.9 Å². The number of carbonyl (C=O) groups is 2. The summed E-state index contributed by atoms with van der Waals surface area (Å²) in [5.41, 5.74) is 3.81. The van der Waals surface area contributed by atoms with Gasteiger partial charge in [0.05, 0.1) is 18.4 Å². The van der Waals surface area contributed by atoms with Crippen molar-refractivity contribution in [3.63, 3.8) is 0 Å². The first kappa shape index (κ1) is 20.7. The van der Waals surface area contributed by atoms with E-state index in [9.17, 15) is 14.0 Å². The summed E-state index contributed by atoms with van der Waals surface area (Å²) in [5.74, 6) is -1.36. The number of anilines is 1. The van der Waals surface area contributed by atoms with E-state index in [1.54, 1.807) is 43.5 Å². The van der Waals surface area contributed by atoms with E-state index >= 15 is 0 Å². The van der Waals surface area contributed by atoms with Crippen molar-refractivity contribution in [2.75, 3.05) is 5.32 Å². The molecule has 5 rings (SSSR count). The van der Waals surface area contributed by atoms with Crippen LogP contribution in [0.2, 0.25) is 0 Å². The zero-order chi connectivity index (χ0) is 23.1. The van der Waals surface area contributed by atoms with E-state index in [-0.39, 0.29) is 29.3 Å². The standard InChI is InChI=1S/C27H20FNO4/c1-15-7-10-22-20(11-15)18(14-32-22)13-24(30)29-25-19-5-3-4-6-23(19)33-27(25)26(31)17-9-8-16(2)21(28)12-17/h3-12,14H,13H2,1-2H3,(H,29,30). The van der Waals surface area contributed by atoms with Crippen LogP contribution in [-0.2, 0) is 11.2 Å². The summed E-state index contributed by atoms with van der Waals surface area (Å²) in [4.78, 5) is 26.2. The minimum absolute atomic E-state index is 0.0410. The van der Waals surface area contributed by atoms with Gasteiger partial charge in [-0.1, -0.05) is 35.9 Å². The van der Waals surface area contributed by atoms with Gasteiger partial charge in [0.1, 0.15) is 17.0 Å². The third kappa shape index (κ3) is 3.80. The number of hydrogen-bond acceptors (Lipinski definition) is 4. The molecule has 5 nitrogen and oxygen atoms in total. The van der Waals surface area contributed by atoms with Gasteiger partial charge in [0.2, 0.25) is 11.7 Å². The van der Waals surface area contributed by atoms with Crippen LogP contribution in [0, 0.1) is 19.7 Å². The molecule has 0 radical (unpaired) electrons.